The smallest absolute Gasteiger partial charge is 0.0812 e. The molecule has 0 rings (SSSR count). The fourth-order valence-corrected chi connectivity index (χ4v) is 2.04. The summed E-state index contributed by atoms with van der Waals surface area (Å²) in [4.78, 5) is 0. The maximum absolute atomic E-state index is 8.81. The minimum atomic E-state index is 0.0329. The molecular formula is C14H30O4. The van der Waals surface area contributed by atoms with Gasteiger partial charge in [0.15, 0.2) is 0 Å². The standard InChI is InChI=1S/C14H30O4/c1-3-5-6-13(4-2)11-14(18-10-8-16)12-17-9-7-15/h13-16H,3-12H2,1-2H3. The third-order valence-corrected chi connectivity index (χ3v) is 3.12. The summed E-state index contributed by atoms with van der Waals surface area (Å²) in [6, 6.07) is 0. The molecule has 0 aliphatic heterocycles. The van der Waals surface area contributed by atoms with E-state index in [0.717, 1.165) is 12.8 Å². The van der Waals surface area contributed by atoms with Gasteiger partial charge in [0.05, 0.1) is 39.1 Å². The van der Waals surface area contributed by atoms with Crippen LogP contribution in [0.1, 0.15) is 46.0 Å². The second kappa shape index (κ2) is 13.3. The highest BCUT2D eigenvalue weighted by Crippen LogP contribution is 2.20. The third-order valence-electron chi connectivity index (χ3n) is 3.12. The Morgan fingerprint density at radius 2 is 1.78 bits per heavy atom. The van der Waals surface area contributed by atoms with Crippen molar-refractivity contribution >= 4 is 0 Å². The van der Waals surface area contributed by atoms with Gasteiger partial charge in [0.2, 0.25) is 0 Å². The lowest BCUT2D eigenvalue weighted by molar-refractivity contribution is -0.0438. The van der Waals surface area contributed by atoms with Gasteiger partial charge in [-0.2, -0.15) is 0 Å². The Hall–Kier alpha value is -0.160. The van der Waals surface area contributed by atoms with Crippen molar-refractivity contribution in [3.63, 3.8) is 0 Å². The zero-order chi connectivity index (χ0) is 13.6. The van der Waals surface area contributed by atoms with Crippen LogP contribution in [0.5, 0.6) is 0 Å². The molecule has 2 N–H and O–H groups in total. The van der Waals surface area contributed by atoms with Crippen LogP contribution in [-0.4, -0.2) is 49.4 Å². The molecule has 0 fully saturated rings. The molecule has 2 atom stereocenters. The van der Waals surface area contributed by atoms with E-state index < -0.39 is 0 Å². The van der Waals surface area contributed by atoms with E-state index in [9.17, 15) is 0 Å². The van der Waals surface area contributed by atoms with Gasteiger partial charge in [0, 0.05) is 0 Å². The highest BCUT2D eigenvalue weighted by molar-refractivity contribution is 4.66. The first-order valence-electron chi connectivity index (χ1n) is 7.19. The molecule has 0 aromatic carbocycles. The highest BCUT2D eigenvalue weighted by Gasteiger charge is 2.16. The second-order valence-electron chi connectivity index (χ2n) is 4.67. The van der Waals surface area contributed by atoms with Gasteiger partial charge < -0.3 is 19.7 Å². The molecule has 4 heteroatoms. The average Bonchev–Trinajstić information content (AvgIpc) is 2.40. The normalized spacial score (nSPS) is 14.7. The zero-order valence-corrected chi connectivity index (χ0v) is 11.9. The van der Waals surface area contributed by atoms with Crippen molar-refractivity contribution in [3.8, 4) is 0 Å². The average molecular weight is 262 g/mol. The summed E-state index contributed by atoms with van der Waals surface area (Å²) in [5.74, 6) is 0.659. The maximum Gasteiger partial charge on any atom is 0.0812 e. The first-order chi connectivity index (χ1) is 8.78. The Morgan fingerprint density at radius 3 is 2.33 bits per heavy atom. The van der Waals surface area contributed by atoms with E-state index in [1.807, 2.05) is 0 Å². The first kappa shape index (κ1) is 17.8. The molecule has 0 spiro atoms. The molecule has 0 radical (unpaired) electrons. The van der Waals surface area contributed by atoms with Gasteiger partial charge in [-0.25, -0.2) is 0 Å². The van der Waals surface area contributed by atoms with Gasteiger partial charge in [0.25, 0.3) is 0 Å². The van der Waals surface area contributed by atoms with Crippen molar-refractivity contribution in [2.75, 3.05) is 33.0 Å². The van der Waals surface area contributed by atoms with E-state index in [1.54, 1.807) is 0 Å². The number of ether oxygens (including phenoxy) is 2. The van der Waals surface area contributed by atoms with Crippen LogP contribution in [0.3, 0.4) is 0 Å². The molecule has 0 aliphatic carbocycles. The zero-order valence-electron chi connectivity index (χ0n) is 11.9. The summed E-state index contributed by atoms with van der Waals surface area (Å²) >= 11 is 0. The SMILES string of the molecule is CCCCC(CC)CC(COCCO)OCCO. The lowest BCUT2D eigenvalue weighted by Crippen LogP contribution is -2.25. The lowest BCUT2D eigenvalue weighted by Gasteiger charge is -2.23. The predicted octanol–water partition coefficient (Wildman–Crippen LogP) is 1.98. The Bertz CT molecular complexity index is 164. The molecule has 110 valence electrons. The number of unbranched alkanes of at least 4 members (excludes halogenated alkanes) is 1. The fraction of sp³-hybridized carbons (Fsp3) is 1.00. The van der Waals surface area contributed by atoms with E-state index >= 15 is 0 Å². The van der Waals surface area contributed by atoms with Crippen molar-refractivity contribution in [2.45, 2.75) is 52.1 Å². The number of aliphatic hydroxyl groups excluding tert-OH is 2. The molecule has 18 heavy (non-hydrogen) atoms. The minimum Gasteiger partial charge on any atom is -0.394 e. The molecule has 2 unspecified atom stereocenters. The summed E-state index contributed by atoms with van der Waals surface area (Å²) in [6.45, 7) is 5.71. The van der Waals surface area contributed by atoms with Crippen LogP contribution in [0.4, 0.5) is 0 Å². The van der Waals surface area contributed by atoms with Crippen molar-refractivity contribution in [2.24, 2.45) is 5.92 Å². The second-order valence-corrected chi connectivity index (χ2v) is 4.67. The predicted molar refractivity (Wildman–Crippen MR) is 72.7 cm³/mol. The van der Waals surface area contributed by atoms with Gasteiger partial charge >= 0.3 is 0 Å². The largest absolute Gasteiger partial charge is 0.394 e. The van der Waals surface area contributed by atoms with E-state index in [4.69, 9.17) is 19.7 Å². The molecule has 0 aliphatic rings. The number of hydrogen-bond acceptors (Lipinski definition) is 4. The quantitative estimate of drug-likeness (QED) is 0.498. The van der Waals surface area contributed by atoms with Gasteiger partial charge in [-0.3, -0.25) is 0 Å². The van der Waals surface area contributed by atoms with Crippen LogP contribution in [0, 0.1) is 5.92 Å². The summed E-state index contributed by atoms with van der Waals surface area (Å²) in [5, 5.41) is 17.5. The highest BCUT2D eigenvalue weighted by atomic mass is 16.5. The van der Waals surface area contributed by atoms with Crippen molar-refractivity contribution in [1.29, 1.82) is 0 Å². The number of rotatable bonds is 13. The first-order valence-corrected chi connectivity index (χ1v) is 7.19. The molecule has 0 aromatic rings. The molecule has 0 aromatic heterocycles. The summed E-state index contributed by atoms with van der Waals surface area (Å²) in [7, 11) is 0. The van der Waals surface area contributed by atoms with Crippen molar-refractivity contribution in [1.82, 2.24) is 0 Å². The molecule has 4 nitrogen and oxygen atoms in total. The summed E-state index contributed by atoms with van der Waals surface area (Å²) in [6.07, 6.45) is 5.86. The molecule has 0 bridgehead atoms. The Balaban J connectivity index is 3.99. The number of hydrogen-bond donors (Lipinski definition) is 2. The Kier molecular flexibility index (Phi) is 13.2. The van der Waals surface area contributed by atoms with E-state index in [1.165, 1.54) is 19.3 Å². The van der Waals surface area contributed by atoms with E-state index in [0.29, 0.717) is 25.7 Å². The topological polar surface area (TPSA) is 58.9 Å². The van der Waals surface area contributed by atoms with Crippen LogP contribution in [0.2, 0.25) is 0 Å². The third kappa shape index (κ3) is 9.83. The molecule has 0 heterocycles. The minimum absolute atomic E-state index is 0.0329. The van der Waals surface area contributed by atoms with Crippen LogP contribution < -0.4 is 0 Å². The molecular weight excluding hydrogens is 232 g/mol. The monoisotopic (exact) mass is 262 g/mol. The van der Waals surface area contributed by atoms with Gasteiger partial charge in [-0.1, -0.05) is 39.5 Å². The van der Waals surface area contributed by atoms with Crippen molar-refractivity contribution in [3.05, 3.63) is 0 Å². The van der Waals surface area contributed by atoms with Crippen LogP contribution >= 0.6 is 0 Å². The molecule has 0 saturated heterocycles. The van der Waals surface area contributed by atoms with Gasteiger partial charge in [-0.05, 0) is 12.3 Å². The summed E-state index contributed by atoms with van der Waals surface area (Å²) in [5.41, 5.74) is 0. The lowest BCUT2D eigenvalue weighted by atomic mass is 9.93. The Morgan fingerprint density at radius 1 is 1.06 bits per heavy atom. The summed E-state index contributed by atoms with van der Waals surface area (Å²) < 4.78 is 10.9. The van der Waals surface area contributed by atoms with Crippen LogP contribution in [0.25, 0.3) is 0 Å². The van der Waals surface area contributed by atoms with Crippen molar-refractivity contribution < 1.29 is 19.7 Å². The van der Waals surface area contributed by atoms with Gasteiger partial charge in [0.1, 0.15) is 0 Å². The number of aliphatic hydroxyl groups is 2. The van der Waals surface area contributed by atoms with E-state index in [2.05, 4.69) is 13.8 Å². The van der Waals surface area contributed by atoms with Gasteiger partial charge in [-0.15, -0.1) is 0 Å². The Labute approximate surface area is 111 Å². The van der Waals surface area contributed by atoms with Crippen LogP contribution in [0.15, 0.2) is 0 Å². The van der Waals surface area contributed by atoms with E-state index in [-0.39, 0.29) is 19.3 Å². The molecule has 0 saturated carbocycles. The van der Waals surface area contributed by atoms with Crippen LogP contribution in [-0.2, 0) is 9.47 Å². The fourth-order valence-electron chi connectivity index (χ4n) is 2.04. The molecule has 0 amide bonds. The maximum atomic E-state index is 8.81.